The zero-order chi connectivity index (χ0) is 8.55. The summed E-state index contributed by atoms with van der Waals surface area (Å²) in [4.78, 5) is 0. The molecule has 0 spiro atoms. The number of benzene rings is 1. The van der Waals surface area contributed by atoms with Gasteiger partial charge in [0.05, 0.1) is 0 Å². The molecule has 1 N–H and O–H groups in total. The Balaban J connectivity index is 2.10. The van der Waals surface area contributed by atoms with E-state index in [1.807, 2.05) is 19.2 Å². The Labute approximate surface area is 71.6 Å². The predicted octanol–water partition coefficient (Wildman–Crippen LogP) is 1.90. The third-order valence-corrected chi connectivity index (χ3v) is 2.46. The minimum atomic E-state index is -0.152. The van der Waals surface area contributed by atoms with Crippen molar-refractivity contribution in [1.82, 2.24) is 5.32 Å². The monoisotopic (exact) mass is 165 g/mol. The highest BCUT2D eigenvalue weighted by Gasteiger charge is 2.36. The van der Waals surface area contributed by atoms with E-state index in [1.165, 1.54) is 24.1 Å². The van der Waals surface area contributed by atoms with Crippen molar-refractivity contribution in [2.45, 2.75) is 18.4 Å². The summed E-state index contributed by atoms with van der Waals surface area (Å²) >= 11 is 0. The van der Waals surface area contributed by atoms with Crippen LogP contribution in [-0.4, -0.2) is 13.1 Å². The summed E-state index contributed by atoms with van der Waals surface area (Å²) in [6, 6.07) is 7.41. The van der Waals surface area contributed by atoms with E-state index in [1.54, 1.807) is 0 Å². The Kier molecular flexibility index (Phi) is 1.85. The molecule has 0 heterocycles. The molecule has 1 aliphatic rings. The molecule has 12 heavy (non-hydrogen) atoms. The van der Waals surface area contributed by atoms with Gasteiger partial charge in [0.1, 0.15) is 5.82 Å². The highest BCUT2D eigenvalue weighted by atomic mass is 19.1. The Morgan fingerprint density at radius 2 is 2.00 bits per heavy atom. The molecule has 1 aromatic carbocycles. The first-order valence-corrected chi connectivity index (χ1v) is 4.24. The number of hydrogen-bond donors (Lipinski definition) is 1. The Bertz CT molecular complexity index is 268. The number of rotatable bonds is 2. The van der Waals surface area contributed by atoms with Crippen molar-refractivity contribution in [3.05, 3.63) is 35.6 Å². The summed E-state index contributed by atoms with van der Waals surface area (Å²) in [7, 11) is 1.97. The molecule has 2 atom stereocenters. The highest BCUT2D eigenvalue weighted by Crippen LogP contribution is 2.40. The fourth-order valence-electron chi connectivity index (χ4n) is 1.59. The largest absolute Gasteiger partial charge is 0.316 e. The molecule has 2 heteroatoms. The average Bonchev–Trinajstić information content (AvgIpc) is 2.85. The number of likely N-dealkylation sites (N-methyl/N-ethyl adjacent to an activating group) is 1. The van der Waals surface area contributed by atoms with Crippen LogP contribution in [0.25, 0.3) is 0 Å². The van der Waals surface area contributed by atoms with Crippen LogP contribution in [0.15, 0.2) is 24.3 Å². The number of hydrogen-bond acceptors (Lipinski definition) is 1. The van der Waals surface area contributed by atoms with Crippen LogP contribution in [0.5, 0.6) is 0 Å². The van der Waals surface area contributed by atoms with Gasteiger partial charge in [-0.3, -0.25) is 0 Å². The summed E-state index contributed by atoms with van der Waals surface area (Å²) in [5, 5.41) is 3.21. The summed E-state index contributed by atoms with van der Waals surface area (Å²) in [5.74, 6) is 0.455. The van der Waals surface area contributed by atoms with Crippen LogP contribution in [0, 0.1) is 5.82 Å². The van der Waals surface area contributed by atoms with E-state index in [9.17, 15) is 4.39 Å². The van der Waals surface area contributed by atoms with Crippen molar-refractivity contribution < 1.29 is 4.39 Å². The first-order valence-electron chi connectivity index (χ1n) is 4.24. The van der Waals surface area contributed by atoms with Crippen LogP contribution in [0.2, 0.25) is 0 Å². The van der Waals surface area contributed by atoms with Crippen molar-refractivity contribution in [2.75, 3.05) is 7.05 Å². The van der Waals surface area contributed by atoms with E-state index in [0.717, 1.165) is 0 Å². The maximum absolute atomic E-state index is 12.5. The zero-order valence-corrected chi connectivity index (χ0v) is 7.05. The summed E-state index contributed by atoms with van der Waals surface area (Å²) in [5.41, 5.74) is 1.25. The lowest BCUT2D eigenvalue weighted by Gasteiger charge is -1.98. The Morgan fingerprint density at radius 1 is 1.33 bits per heavy atom. The van der Waals surface area contributed by atoms with Crippen LogP contribution < -0.4 is 5.32 Å². The fourth-order valence-corrected chi connectivity index (χ4v) is 1.59. The third kappa shape index (κ3) is 1.34. The normalized spacial score (nSPS) is 27.2. The second-order valence-corrected chi connectivity index (χ2v) is 3.29. The van der Waals surface area contributed by atoms with Gasteiger partial charge in [-0.15, -0.1) is 0 Å². The van der Waals surface area contributed by atoms with Crippen molar-refractivity contribution in [3.8, 4) is 0 Å². The smallest absolute Gasteiger partial charge is 0.123 e. The minimum absolute atomic E-state index is 0.152. The Morgan fingerprint density at radius 3 is 2.50 bits per heavy atom. The van der Waals surface area contributed by atoms with Crippen molar-refractivity contribution in [1.29, 1.82) is 0 Å². The van der Waals surface area contributed by atoms with Crippen LogP contribution in [0.3, 0.4) is 0 Å². The topological polar surface area (TPSA) is 12.0 Å². The molecule has 2 rings (SSSR count). The molecular weight excluding hydrogens is 153 g/mol. The Hall–Kier alpha value is -0.890. The molecular formula is C10H12FN. The third-order valence-electron chi connectivity index (χ3n) is 2.46. The lowest BCUT2D eigenvalue weighted by Crippen LogP contribution is -2.10. The van der Waals surface area contributed by atoms with Gasteiger partial charge in [-0.25, -0.2) is 4.39 Å². The van der Waals surface area contributed by atoms with Gasteiger partial charge in [0.15, 0.2) is 0 Å². The second-order valence-electron chi connectivity index (χ2n) is 3.29. The standard InChI is InChI=1S/C10H12FN/c1-12-10-6-9(10)7-2-4-8(11)5-3-7/h2-5,9-10,12H,6H2,1H3. The molecule has 64 valence electrons. The molecule has 0 aromatic heterocycles. The molecule has 1 aromatic rings. The predicted molar refractivity (Wildman–Crippen MR) is 46.6 cm³/mol. The molecule has 1 saturated carbocycles. The van der Waals surface area contributed by atoms with Crippen LogP contribution in [-0.2, 0) is 0 Å². The van der Waals surface area contributed by atoms with Gasteiger partial charge in [0, 0.05) is 12.0 Å². The molecule has 0 amide bonds. The van der Waals surface area contributed by atoms with E-state index in [-0.39, 0.29) is 5.82 Å². The van der Waals surface area contributed by atoms with Crippen LogP contribution in [0.4, 0.5) is 4.39 Å². The van der Waals surface area contributed by atoms with E-state index in [0.29, 0.717) is 12.0 Å². The first-order chi connectivity index (χ1) is 5.81. The summed E-state index contributed by atoms with van der Waals surface area (Å²) < 4.78 is 12.5. The lowest BCUT2D eigenvalue weighted by molar-refractivity contribution is 0.627. The van der Waals surface area contributed by atoms with Gasteiger partial charge in [0.25, 0.3) is 0 Å². The van der Waals surface area contributed by atoms with Gasteiger partial charge < -0.3 is 5.32 Å². The molecule has 0 radical (unpaired) electrons. The van der Waals surface area contributed by atoms with Crippen LogP contribution >= 0.6 is 0 Å². The average molecular weight is 165 g/mol. The van der Waals surface area contributed by atoms with Gasteiger partial charge in [-0.1, -0.05) is 12.1 Å². The minimum Gasteiger partial charge on any atom is -0.316 e. The van der Waals surface area contributed by atoms with E-state index in [4.69, 9.17) is 0 Å². The van der Waals surface area contributed by atoms with E-state index < -0.39 is 0 Å². The molecule has 2 unspecified atom stereocenters. The van der Waals surface area contributed by atoms with Crippen molar-refractivity contribution >= 4 is 0 Å². The zero-order valence-electron chi connectivity index (χ0n) is 7.05. The number of nitrogens with one attached hydrogen (secondary N) is 1. The second kappa shape index (κ2) is 2.87. The maximum Gasteiger partial charge on any atom is 0.123 e. The molecule has 0 aliphatic heterocycles. The van der Waals surface area contributed by atoms with Gasteiger partial charge in [-0.05, 0) is 31.2 Å². The van der Waals surface area contributed by atoms with Crippen LogP contribution in [0.1, 0.15) is 17.9 Å². The van der Waals surface area contributed by atoms with Gasteiger partial charge in [0.2, 0.25) is 0 Å². The quantitative estimate of drug-likeness (QED) is 0.705. The molecule has 0 saturated heterocycles. The fraction of sp³-hybridized carbons (Fsp3) is 0.400. The molecule has 0 bridgehead atoms. The maximum atomic E-state index is 12.5. The summed E-state index contributed by atoms with van der Waals surface area (Å²) in [6.07, 6.45) is 1.18. The highest BCUT2D eigenvalue weighted by molar-refractivity contribution is 5.27. The van der Waals surface area contributed by atoms with E-state index in [2.05, 4.69) is 5.32 Å². The molecule has 1 fully saturated rings. The van der Waals surface area contributed by atoms with Gasteiger partial charge >= 0.3 is 0 Å². The lowest BCUT2D eigenvalue weighted by atomic mass is 10.1. The molecule has 1 nitrogen and oxygen atoms in total. The van der Waals surface area contributed by atoms with Crippen molar-refractivity contribution in [3.63, 3.8) is 0 Å². The SMILES string of the molecule is CNC1CC1c1ccc(F)cc1. The number of halogens is 1. The van der Waals surface area contributed by atoms with Gasteiger partial charge in [-0.2, -0.15) is 0 Å². The first kappa shape index (κ1) is 7.74. The van der Waals surface area contributed by atoms with Crippen molar-refractivity contribution in [2.24, 2.45) is 0 Å². The summed E-state index contributed by atoms with van der Waals surface area (Å²) in [6.45, 7) is 0. The molecule has 1 aliphatic carbocycles. The van der Waals surface area contributed by atoms with E-state index >= 15 is 0 Å².